The van der Waals surface area contributed by atoms with Crippen molar-refractivity contribution < 1.29 is 4.39 Å². The van der Waals surface area contributed by atoms with Crippen LogP contribution in [0.25, 0.3) is 0 Å². The van der Waals surface area contributed by atoms with Crippen molar-refractivity contribution in [3.05, 3.63) is 35.6 Å². The highest BCUT2D eigenvalue weighted by Gasteiger charge is 2.39. The quantitative estimate of drug-likeness (QED) is 0.868. The molecule has 114 valence electrons. The number of nitrogens with one attached hydrogen (secondary N) is 1. The van der Waals surface area contributed by atoms with Crippen LogP contribution in [-0.4, -0.2) is 16.5 Å². The minimum atomic E-state index is -0.190. The van der Waals surface area contributed by atoms with Crippen LogP contribution >= 0.6 is 11.8 Å². The Morgan fingerprint density at radius 2 is 2.14 bits per heavy atom. The number of rotatable bonds is 2. The van der Waals surface area contributed by atoms with E-state index in [2.05, 4.69) is 12.2 Å². The lowest BCUT2D eigenvalue weighted by Crippen LogP contribution is -2.46. The molecule has 1 spiro atoms. The van der Waals surface area contributed by atoms with Gasteiger partial charge >= 0.3 is 0 Å². The van der Waals surface area contributed by atoms with Crippen LogP contribution in [0.1, 0.15) is 51.1 Å². The van der Waals surface area contributed by atoms with Crippen LogP contribution < -0.4 is 5.32 Å². The van der Waals surface area contributed by atoms with Gasteiger partial charge in [-0.05, 0) is 56.2 Å². The Morgan fingerprint density at radius 1 is 1.38 bits per heavy atom. The lowest BCUT2D eigenvalue weighted by atomic mass is 9.78. The first-order valence-corrected chi connectivity index (χ1v) is 8.79. The van der Waals surface area contributed by atoms with Crippen LogP contribution in [0.3, 0.4) is 0 Å². The maximum absolute atomic E-state index is 13.3. The fraction of sp³-hybridized carbons (Fsp3) is 0.588. The van der Waals surface area contributed by atoms with Gasteiger partial charge < -0.3 is 5.32 Å². The number of thioether (sulfide) groups is 1. The lowest BCUT2D eigenvalue weighted by Gasteiger charge is -2.35. The molecule has 1 aromatic rings. The van der Waals surface area contributed by atoms with Crippen molar-refractivity contribution in [2.45, 2.75) is 51.1 Å². The molecule has 1 aliphatic heterocycles. The number of halogens is 1. The summed E-state index contributed by atoms with van der Waals surface area (Å²) in [6, 6.07) is 6.74. The maximum atomic E-state index is 13.3. The summed E-state index contributed by atoms with van der Waals surface area (Å²) in [6.45, 7) is 4.37. The van der Waals surface area contributed by atoms with Gasteiger partial charge in [0, 0.05) is 11.3 Å². The second kappa shape index (κ2) is 5.99. The van der Waals surface area contributed by atoms with E-state index >= 15 is 0 Å². The van der Waals surface area contributed by atoms with Crippen molar-refractivity contribution in [3.63, 3.8) is 0 Å². The van der Waals surface area contributed by atoms with Crippen molar-refractivity contribution >= 4 is 16.9 Å². The number of hydrogen-bond acceptors (Lipinski definition) is 2. The average Bonchev–Trinajstić information content (AvgIpc) is 2.85. The van der Waals surface area contributed by atoms with Gasteiger partial charge in [0.2, 0.25) is 0 Å². The van der Waals surface area contributed by atoms with E-state index < -0.39 is 0 Å². The second-order valence-corrected chi connectivity index (χ2v) is 7.51. The second-order valence-electron chi connectivity index (χ2n) is 6.54. The zero-order valence-corrected chi connectivity index (χ0v) is 13.5. The molecule has 1 N–H and O–H groups in total. The summed E-state index contributed by atoms with van der Waals surface area (Å²) in [5, 5.41) is 4.69. The number of aliphatic imine (C=N–C) groups is 1. The third-order valence-electron chi connectivity index (χ3n) is 4.73. The van der Waals surface area contributed by atoms with Crippen molar-refractivity contribution in [1.82, 2.24) is 5.32 Å². The fourth-order valence-electron chi connectivity index (χ4n) is 3.18. The van der Waals surface area contributed by atoms with Crippen LogP contribution in [0.5, 0.6) is 0 Å². The molecule has 0 aromatic heterocycles. The molecular weight excluding hydrogens is 283 g/mol. The smallest absolute Gasteiger partial charge is 0.157 e. The van der Waals surface area contributed by atoms with Crippen LogP contribution in [0.4, 0.5) is 4.39 Å². The van der Waals surface area contributed by atoms with Gasteiger partial charge in [-0.1, -0.05) is 30.8 Å². The van der Waals surface area contributed by atoms with Crippen LogP contribution in [0.15, 0.2) is 29.3 Å². The Bertz CT molecular complexity index is 535. The van der Waals surface area contributed by atoms with E-state index in [1.807, 2.05) is 24.8 Å². The Morgan fingerprint density at radius 3 is 2.86 bits per heavy atom. The zero-order chi connectivity index (χ0) is 14.9. The summed E-state index contributed by atoms with van der Waals surface area (Å²) in [7, 11) is 0. The highest BCUT2D eigenvalue weighted by molar-refractivity contribution is 8.14. The lowest BCUT2D eigenvalue weighted by molar-refractivity contribution is 0.250. The minimum Gasteiger partial charge on any atom is -0.359 e. The summed E-state index contributed by atoms with van der Waals surface area (Å²) in [5.41, 5.74) is 1.20. The minimum absolute atomic E-state index is 0.00614. The molecule has 1 unspecified atom stereocenters. The Labute approximate surface area is 130 Å². The van der Waals surface area contributed by atoms with Crippen LogP contribution in [0, 0.1) is 11.7 Å². The molecule has 1 aromatic carbocycles. The molecule has 2 aliphatic rings. The first-order chi connectivity index (χ1) is 10.1. The molecule has 21 heavy (non-hydrogen) atoms. The highest BCUT2D eigenvalue weighted by atomic mass is 32.2. The molecule has 1 heterocycles. The monoisotopic (exact) mass is 306 g/mol. The van der Waals surface area contributed by atoms with Gasteiger partial charge in [0.25, 0.3) is 0 Å². The summed E-state index contributed by atoms with van der Waals surface area (Å²) >= 11 is 1.82. The molecular formula is C17H23FN2S. The van der Waals surface area contributed by atoms with Gasteiger partial charge in [-0.15, -0.1) is 0 Å². The summed E-state index contributed by atoms with van der Waals surface area (Å²) < 4.78 is 13.3. The number of hydrogen-bond donors (Lipinski definition) is 1. The zero-order valence-electron chi connectivity index (χ0n) is 12.7. The molecule has 1 aliphatic carbocycles. The predicted molar refractivity (Wildman–Crippen MR) is 88.2 cm³/mol. The van der Waals surface area contributed by atoms with E-state index in [-0.39, 0.29) is 17.4 Å². The number of amidine groups is 1. The van der Waals surface area contributed by atoms with Crippen molar-refractivity contribution in [2.75, 3.05) is 5.75 Å². The summed E-state index contributed by atoms with van der Waals surface area (Å²) in [4.78, 5) is 4.76. The Balaban J connectivity index is 1.68. The molecule has 4 heteroatoms. The Kier molecular flexibility index (Phi) is 4.25. The summed E-state index contributed by atoms with van der Waals surface area (Å²) in [5.74, 6) is 1.79. The van der Waals surface area contributed by atoms with E-state index in [1.165, 1.54) is 31.7 Å². The van der Waals surface area contributed by atoms with E-state index in [1.54, 1.807) is 12.1 Å². The summed E-state index contributed by atoms with van der Waals surface area (Å²) in [6.07, 6.45) is 5.10. The third kappa shape index (κ3) is 3.42. The van der Waals surface area contributed by atoms with Crippen LogP contribution in [0.2, 0.25) is 0 Å². The molecule has 1 atom stereocenters. The molecule has 3 rings (SSSR count). The first kappa shape index (κ1) is 14.9. The molecule has 2 fully saturated rings. The standard InChI is InChI=1S/C17H23FN2S/c1-12-6-8-17(9-7-12)11-21-16(20-17)19-13(2)14-4-3-5-15(18)10-14/h3-5,10,12-13H,6-9,11H2,1-2H3,(H,19,20). The Hall–Kier alpha value is -1.03. The van der Waals surface area contributed by atoms with Gasteiger partial charge in [0.15, 0.2) is 5.17 Å². The van der Waals surface area contributed by atoms with E-state index in [9.17, 15) is 4.39 Å². The van der Waals surface area contributed by atoms with E-state index in [0.717, 1.165) is 22.4 Å². The SMILES string of the molecule is CC1CCC2(CC1)CSC(=NC(C)c1cccc(F)c1)N2. The first-order valence-electron chi connectivity index (χ1n) is 7.81. The van der Waals surface area contributed by atoms with Gasteiger partial charge in [0.05, 0.1) is 6.04 Å². The van der Waals surface area contributed by atoms with Gasteiger partial charge in [-0.25, -0.2) is 4.39 Å². The normalized spacial score (nSPS) is 32.3. The highest BCUT2D eigenvalue weighted by Crippen LogP contribution is 2.38. The molecule has 0 amide bonds. The largest absolute Gasteiger partial charge is 0.359 e. The maximum Gasteiger partial charge on any atom is 0.157 e. The van der Waals surface area contributed by atoms with Crippen LogP contribution in [-0.2, 0) is 0 Å². The van der Waals surface area contributed by atoms with E-state index in [0.29, 0.717) is 0 Å². The van der Waals surface area contributed by atoms with Crippen molar-refractivity contribution in [2.24, 2.45) is 10.9 Å². The molecule has 2 nitrogen and oxygen atoms in total. The number of nitrogens with zero attached hydrogens (tertiary/aromatic N) is 1. The number of benzene rings is 1. The topological polar surface area (TPSA) is 24.4 Å². The van der Waals surface area contributed by atoms with Gasteiger partial charge in [-0.3, -0.25) is 4.99 Å². The predicted octanol–water partition coefficient (Wildman–Crippen LogP) is 4.53. The average molecular weight is 306 g/mol. The van der Waals surface area contributed by atoms with Gasteiger partial charge in [-0.2, -0.15) is 0 Å². The van der Waals surface area contributed by atoms with Gasteiger partial charge in [0.1, 0.15) is 5.82 Å². The fourth-order valence-corrected chi connectivity index (χ4v) is 4.47. The van der Waals surface area contributed by atoms with Crippen molar-refractivity contribution in [1.29, 1.82) is 0 Å². The van der Waals surface area contributed by atoms with Crippen molar-refractivity contribution in [3.8, 4) is 0 Å². The molecule has 1 saturated carbocycles. The molecule has 0 radical (unpaired) electrons. The van der Waals surface area contributed by atoms with E-state index in [4.69, 9.17) is 4.99 Å². The third-order valence-corrected chi connectivity index (χ3v) is 5.91. The molecule has 0 bridgehead atoms. The molecule has 1 saturated heterocycles.